The molecule has 0 saturated carbocycles. The van der Waals surface area contributed by atoms with Gasteiger partial charge >= 0.3 is 0 Å². The maximum atomic E-state index is 12.3. The third kappa shape index (κ3) is 4.46. The zero-order valence-electron chi connectivity index (χ0n) is 13.6. The maximum absolute atomic E-state index is 12.3. The molecule has 1 fully saturated rings. The summed E-state index contributed by atoms with van der Waals surface area (Å²) in [7, 11) is -3.46. The molecular formula is C17H21N3O3S. The molecule has 1 aromatic carbocycles. The van der Waals surface area contributed by atoms with E-state index >= 15 is 0 Å². The Bertz CT molecular complexity index is 768. The number of pyridine rings is 1. The number of hydrogen-bond acceptors (Lipinski definition) is 5. The Kier molecular flexibility index (Phi) is 5.01. The van der Waals surface area contributed by atoms with Crippen molar-refractivity contribution in [2.75, 3.05) is 35.9 Å². The van der Waals surface area contributed by atoms with Crippen LogP contribution in [0.1, 0.15) is 11.1 Å². The molecule has 128 valence electrons. The third-order valence-electron chi connectivity index (χ3n) is 3.83. The van der Waals surface area contributed by atoms with E-state index in [0.717, 1.165) is 30.0 Å². The molecule has 0 bridgehead atoms. The van der Waals surface area contributed by atoms with Crippen LogP contribution >= 0.6 is 0 Å². The minimum Gasteiger partial charge on any atom is -0.378 e. The van der Waals surface area contributed by atoms with Gasteiger partial charge in [-0.3, -0.25) is 4.72 Å². The van der Waals surface area contributed by atoms with E-state index in [4.69, 9.17) is 4.74 Å². The maximum Gasteiger partial charge on any atom is 0.236 e. The topological polar surface area (TPSA) is 71.5 Å². The minimum atomic E-state index is -3.46. The summed E-state index contributed by atoms with van der Waals surface area (Å²) in [6, 6.07) is 11.0. The number of nitrogens with one attached hydrogen (secondary N) is 1. The van der Waals surface area contributed by atoms with Crippen LogP contribution in [0.5, 0.6) is 0 Å². The molecule has 3 rings (SSSR count). The van der Waals surface area contributed by atoms with Crippen LogP contribution in [0.15, 0.2) is 42.6 Å². The Morgan fingerprint density at radius 3 is 2.46 bits per heavy atom. The van der Waals surface area contributed by atoms with Crippen molar-refractivity contribution in [2.45, 2.75) is 12.7 Å². The van der Waals surface area contributed by atoms with Crippen LogP contribution in [0.3, 0.4) is 0 Å². The second kappa shape index (κ2) is 7.19. The molecule has 2 aromatic rings. The first-order chi connectivity index (χ1) is 11.5. The van der Waals surface area contributed by atoms with Crippen molar-refractivity contribution in [3.63, 3.8) is 0 Å². The summed E-state index contributed by atoms with van der Waals surface area (Å²) < 4.78 is 32.4. The molecule has 1 N–H and O–H groups in total. The first-order valence-corrected chi connectivity index (χ1v) is 9.52. The highest BCUT2D eigenvalue weighted by Crippen LogP contribution is 2.17. The molecule has 0 aliphatic carbocycles. The fourth-order valence-electron chi connectivity index (χ4n) is 2.55. The summed E-state index contributed by atoms with van der Waals surface area (Å²) in [6.07, 6.45) is 1.55. The molecule has 1 aromatic heterocycles. The zero-order chi connectivity index (χ0) is 17.0. The molecule has 0 radical (unpaired) electrons. The van der Waals surface area contributed by atoms with Crippen LogP contribution in [0.4, 0.5) is 11.5 Å². The van der Waals surface area contributed by atoms with E-state index in [1.54, 1.807) is 12.3 Å². The van der Waals surface area contributed by atoms with Gasteiger partial charge in [0.25, 0.3) is 0 Å². The van der Waals surface area contributed by atoms with Crippen molar-refractivity contribution in [3.05, 3.63) is 53.7 Å². The fourth-order valence-corrected chi connectivity index (χ4v) is 3.73. The molecule has 0 unspecified atom stereocenters. The Labute approximate surface area is 142 Å². The number of ether oxygens (including phenoxy) is 1. The van der Waals surface area contributed by atoms with Gasteiger partial charge in [0.2, 0.25) is 10.0 Å². The highest BCUT2D eigenvalue weighted by atomic mass is 32.2. The van der Waals surface area contributed by atoms with Crippen LogP contribution in [-0.2, 0) is 20.5 Å². The van der Waals surface area contributed by atoms with Gasteiger partial charge in [0.15, 0.2) is 0 Å². The van der Waals surface area contributed by atoms with E-state index in [9.17, 15) is 8.42 Å². The van der Waals surface area contributed by atoms with Crippen LogP contribution in [0, 0.1) is 6.92 Å². The average Bonchev–Trinajstić information content (AvgIpc) is 2.58. The number of aromatic nitrogens is 1. The molecule has 2 heterocycles. The van der Waals surface area contributed by atoms with Crippen molar-refractivity contribution < 1.29 is 13.2 Å². The standard InChI is InChI=1S/C17H21N3O3S/c1-14-2-4-15(5-3-14)13-24(21,22)19-16-6-7-17(18-12-16)20-8-10-23-11-9-20/h2-7,12,19H,8-11,13H2,1H3. The number of benzene rings is 1. The Morgan fingerprint density at radius 1 is 1.12 bits per heavy atom. The predicted octanol–water partition coefficient (Wildman–Crippen LogP) is 2.17. The number of morpholine rings is 1. The van der Waals surface area contributed by atoms with E-state index in [1.807, 2.05) is 37.3 Å². The number of nitrogens with zero attached hydrogens (tertiary/aromatic N) is 2. The van der Waals surface area contributed by atoms with E-state index < -0.39 is 10.0 Å². The normalized spacial score (nSPS) is 15.3. The largest absolute Gasteiger partial charge is 0.378 e. The van der Waals surface area contributed by atoms with Crippen molar-refractivity contribution in [2.24, 2.45) is 0 Å². The number of hydrogen-bond donors (Lipinski definition) is 1. The molecule has 1 aliphatic rings. The minimum absolute atomic E-state index is 0.0570. The van der Waals surface area contributed by atoms with Crippen molar-refractivity contribution in [1.29, 1.82) is 0 Å². The highest BCUT2D eigenvalue weighted by Gasteiger charge is 2.14. The SMILES string of the molecule is Cc1ccc(CS(=O)(=O)Nc2ccc(N3CCOCC3)nc2)cc1. The average molecular weight is 347 g/mol. The fraction of sp³-hybridized carbons (Fsp3) is 0.353. The lowest BCUT2D eigenvalue weighted by atomic mass is 10.2. The summed E-state index contributed by atoms with van der Waals surface area (Å²) in [5.41, 5.74) is 2.33. The van der Waals surface area contributed by atoms with Crippen LogP contribution in [0.2, 0.25) is 0 Å². The van der Waals surface area contributed by atoms with Crippen LogP contribution in [-0.4, -0.2) is 39.7 Å². The molecule has 7 heteroatoms. The zero-order valence-corrected chi connectivity index (χ0v) is 14.4. The van der Waals surface area contributed by atoms with Gasteiger partial charge in [0.1, 0.15) is 5.82 Å². The molecular weight excluding hydrogens is 326 g/mol. The molecule has 1 saturated heterocycles. The summed E-state index contributed by atoms with van der Waals surface area (Å²) in [6.45, 7) is 4.94. The van der Waals surface area contributed by atoms with Gasteiger partial charge in [0.05, 0.1) is 30.9 Å². The summed E-state index contributed by atoms with van der Waals surface area (Å²) in [4.78, 5) is 6.47. The second-order valence-electron chi connectivity index (χ2n) is 5.85. The first kappa shape index (κ1) is 16.7. The summed E-state index contributed by atoms with van der Waals surface area (Å²) >= 11 is 0. The Balaban J connectivity index is 1.64. The smallest absolute Gasteiger partial charge is 0.236 e. The lowest BCUT2D eigenvalue weighted by Crippen LogP contribution is -2.36. The van der Waals surface area contributed by atoms with E-state index in [0.29, 0.717) is 18.9 Å². The van der Waals surface area contributed by atoms with Gasteiger partial charge in [-0.1, -0.05) is 29.8 Å². The van der Waals surface area contributed by atoms with Gasteiger partial charge in [-0.15, -0.1) is 0 Å². The molecule has 0 spiro atoms. The third-order valence-corrected chi connectivity index (χ3v) is 5.09. The van der Waals surface area contributed by atoms with Gasteiger partial charge in [0, 0.05) is 13.1 Å². The first-order valence-electron chi connectivity index (χ1n) is 7.87. The lowest BCUT2D eigenvalue weighted by molar-refractivity contribution is 0.122. The predicted molar refractivity (Wildman–Crippen MR) is 94.7 cm³/mol. The van der Waals surface area contributed by atoms with Gasteiger partial charge in [-0.2, -0.15) is 0 Å². The molecule has 24 heavy (non-hydrogen) atoms. The number of anilines is 2. The summed E-state index contributed by atoms with van der Waals surface area (Å²) in [5, 5.41) is 0. The molecule has 6 nitrogen and oxygen atoms in total. The molecule has 0 amide bonds. The summed E-state index contributed by atoms with van der Waals surface area (Å²) in [5.74, 6) is 0.776. The van der Waals surface area contributed by atoms with E-state index in [-0.39, 0.29) is 5.75 Å². The highest BCUT2D eigenvalue weighted by molar-refractivity contribution is 7.91. The monoisotopic (exact) mass is 347 g/mol. The Morgan fingerprint density at radius 2 is 1.83 bits per heavy atom. The number of rotatable bonds is 5. The quantitative estimate of drug-likeness (QED) is 0.897. The van der Waals surface area contributed by atoms with Crippen LogP contribution in [0.25, 0.3) is 0 Å². The lowest BCUT2D eigenvalue weighted by Gasteiger charge is -2.27. The Hall–Kier alpha value is -2.12. The van der Waals surface area contributed by atoms with Crippen molar-refractivity contribution >= 4 is 21.5 Å². The van der Waals surface area contributed by atoms with Gasteiger partial charge in [-0.25, -0.2) is 13.4 Å². The molecule has 0 atom stereocenters. The number of aryl methyl sites for hydroxylation is 1. The van der Waals surface area contributed by atoms with Crippen LogP contribution < -0.4 is 9.62 Å². The van der Waals surface area contributed by atoms with Crippen molar-refractivity contribution in [1.82, 2.24) is 4.98 Å². The van der Waals surface area contributed by atoms with Gasteiger partial charge in [-0.05, 0) is 24.6 Å². The van der Waals surface area contributed by atoms with E-state index in [1.165, 1.54) is 0 Å². The second-order valence-corrected chi connectivity index (χ2v) is 7.57. The van der Waals surface area contributed by atoms with Gasteiger partial charge < -0.3 is 9.64 Å². The molecule has 1 aliphatic heterocycles. The van der Waals surface area contributed by atoms with Crippen molar-refractivity contribution in [3.8, 4) is 0 Å². The van der Waals surface area contributed by atoms with E-state index in [2.05, 4.69) is 14.6 Å². The number of sulfonamides is 1.